The van der Waals surface area contributed by atoms with Crippen molar-refractivity contribution < 1.29 is 0 Å². The van der Waals surface area contributed by atoms with Crippen molar-refractivity contribution in [3.8, 4) is 44.9 Å². The molecule has 2 nitrogen and oxygen atoms in total. The van der Waals surface area contributed by atoms with Crippen LogP contribution in [0.5, 0.6) is 0 Å². The van der Waals surface area contributed by atoms with E-state index in [0.29, 0.717) is 0 Å². The largest absolute Gasteiger partial charge is 0.310 e. The van der Waals surface area contributed by atoms with Crippen molar-refractivity contribution in [2.75, 3.05) is 0 Å². The van der Waals surface area contributed by atoms with E-state index < -0.39 is 21.6 Å². The first kappa shape index (κ1) is 35.2. The molecule has 5 heteroatoms. The Hall–Kier alpha value is -6.40. The Balaban J connectivity index is 1.26. The summed E-state index contributed by atoms with van der Waals surface area (Å²) in [6.07, 6.45) is 0. The SMILES string of the molecule is C[Si](C)(C)c1cc2c3c(c1)c1cc([Si](C)(C)C)cc4c1n3-c1c(ccc3c1B2c1cccc2c(-c5ccccc5)c(-c5ccccc5)n-3c12)C41c2ccccc2-c2ccccc21. The number of benzene rings is 8. The van der Waals surface area contributed by atoms with Crippen molar-refractivity contribution in [2.24, 2.45) is 0 Å². The molecular weight excluding hydrogens is 780 g/mol. The van der Waals surface area contributed by atoms with Crippen LogP contribution in [-0.4, -0.2) is 32.0 Å². The molecule has 10 aromatic rings. The molecule has 4 aliphatic rings. The summed E-state index contributed by atoms with van der Waals surface area (Å²) < 4.78 is 5.46. The van der Waals surface area contributed by atoms with E-state index in [9.17, 15) is 0 Å². The molecule has 0 atom stereocenters. The van der Waals surface area contributed by atoms with Gasteiger partial charge in [0.15, 0.2) is 0 Å². The highest BCUT2D eigenvalue weighted by molar-refractivity contribution is 7.01. The zero-order chi connectivity index (χ0) is 41.6. The number of para-hydroxylation sites is 1. The average Bonchev–Trinajstić information content (AvgIpc) is 3.91. The van der Waals surface area contributed by atoms with Gasteiger partial charge in [-0.15, -0.1) is 0 Å². The summed E-state index contributed by atoms with van der Waals surface area (Å²) in [5.41, 5.74) is 24.1. The fourth-order valence-electron chi connectivity index (χ4n) is 12.6. The number of aromatic nitrogens is 2. The summed E-state index contributed by atoms with van der Waals surface area (Å²) in [5.74, 6) is 0. The molecule has 0 N–H and O–H groups in total. The van der Waals surface area contributed by atoms with Crippen molar-refractivity contribution in [1.29, 1.82) is 0 Å². The van der Waals surface area contributed by atoms with Gasteiger partial charge in [0.25, 0.3) is 6.71 Å². The van der Waals surface area contributed by atoms with E-state index >= 15 is 0 Å². The second-order valence-electron chi connectivity index (χ2n) is 20.4. The standard InChI is InChI=1S/C57H45BN2Si2/c1-61(2,3)36-30-41-42-31-37(62(4,5)6)33-48-55(42)60-53(41)46(32-36)57(43-25-15-13-22-38(43)39-23-14-16-26-44(39)57)45-28-29-49-51(56(45)60)58(48)47-27-17-24-40-50(34-18-9-7-10-19-34)52(59(49)54(40)47)35-20-11-8-12-21-35/h7-33H,1-6H3. The summed E-state index contributed by atoms with van der Waals surface area (Å²) in [7, 11) is -3.60. The van der Waals surface area contributed by atoms with Crippen molar-refractivity contribution in [3.63, 3.8) is 0 Å². The quantitative estimate of drug-likeness (QED) is 0.157. The van der Waals surface area contributed by atoms with Gasteiger partial charge in [-0.2, -0.15) is 0 Å². The summed E-state index contributed by atoms with van der Waals surface area (Å²) >= 11 is 0. The van der Waals surface area contributed by atoms with Gasteiger partial charge < -0.3 is 9.13 Å². The van der Waals surface area contributed by atoms with Crippen LogP contribution in [0.2, 0.25) is 39.3 Å². The van der Waals surface area contributed by atoms with Crippen LogP contribution in [0.1, 0.15) is 22.3 Å². The summed E-state index contributed by atoms with van der Waals surface area (Å²) in [6, 6.07) is 63.9. The molecule has 62 heavy (non-hydrogen) atoms. The van der Waals surface area contributed by atoms with Gasteiger partial charge in [-0.1, -0.05) is 207 Å². The average molecular weight is 825 g/mol. The maximum absolute atomic E-state index is 2.78. The minimum Gasteiger partial charge on any atom is -0.310 e. The van der Waals surface area contributed by atoms with Gasteiger partial charge in [-0.05, 0) is 67.0 Å². The van der Waals surface area contributed by atoms with Gasteiger partial charge in [0, 0.05) is 44.1 Å². The lowest BCUT2D eigenvalue weighted by Gasteiger charge is -2.44. The van der Waals surface area contributed by atoms with Crippen LogP contribution in [-0.2, 0) is 5.41 Å². The fourth-order valence-corrected chi connectivity index (χ4v) is 14.9. The fraction of sp³-hybridized carbons (Fsp3) is 0.123. The molecule has 0 fully saturated rings. The van der Waals surface area contributed by atoms with Crippen molar-refractivity contribution in [1.82, 2.24) is 9.13 Å². The van der Waals surface area contributed by atoms with Crippen LogP contribution in [0.25, 0.3) is 77.6 Å². The van der Waals surface area contributed by atoms with E-state index in [1.807, 2.05) is 0 Å². The molecule has 3 aliphatic heterocycles. The normalized spacial score (nSPS) is 14.7. The highest BCUT2D eigenvalue weighted by Gasteiger charge is 2.54. The van der Waals surface area contributed by atoms with E-state index in [1.54, 1.807) is 0 Å². The van der Waals surface area contributed by atoms with E-state index in [1.165, 1.54) is 127 Å². The Kier molecular flexibility index (Phi) is 6.55. The first-order chi connectivity index (χ1) is 30.1. The predicted octanol–water partition coefficient (Wildman–Crippen LogP) is 11.0. The third-order valence-electron chi connectivity index (χ3n) is 15.2. The molecule has 14 rings (SSSR count). The smallest absolute Gasteiger partial charge is 0.252 e. The van der Waals surface area contributed by atoms with E-state index in [-0.39, 0.29) is 6.71 Å². The van der Waals surface area contributed by atoms with Crippen LogP contribution >= 0.6 is 0 Å². The van der Waals surface area contributed by atoms with Gasteiger partial charge in [0.1, 0.15) is 0 Å². The summed E-state index contributed by atoms with van der Waals surface area (Å²) in [6.45, 7) is 15.3. The lowest BCUT2D eigenvalue weighted by atomic mass is 9.33. The minimum absolute atomic E-state index is 0.0656. The molecule has 294 valence electrons. The van der Waals surface area contributed by atoms with E-state index in [0.717, 1.165) is 0 Å². The zero-order valence-electron chi connectivity index (χ0n) is 36.1. The number of fused-ring (bicyclic) bond motifs is 11. The van der Waals surface area contributed by atoms with Crippen LogP contribution < -0.4 is 26.8 Å². The molecule has 2 aromatic heterocycles. The molecule has 8 aromatic carbocycles. The van der Waals surface area contributed by atoms with Crippen molar-refractivity contribution in [2.45, 2.75) is 44.7 Å². The number of hydrogen-bond acceptors (Lipinski definition) is 0. The number of rotatable bonds is 4. The van der Waals surface area contributed by atoms with E-state index in [4.69, 9.17) is 0 Å². The van der Waals surface area contributed by atoms with Crippen LogP contribution in [0.3, 0.4) is 0 Å². The molecule has 1 spiro atoms. The number of hydrogen-bond donors (Lipinski definition) is 0. The third-order valence-corrected chi connectivity index (χ3v) is 19.2. The maximum Gasteiger partial charge on any atom is 0.252 e. The Morgan fingerprint density at radius 1 is 0.435 bits per heavy atom. The second-order valence-corrected chi connectivity index (χ2v) is 30.6. The molecule has 0 amide bonds. The first-order valence-corrected chi connectivity index (χ1v) is 29.4. The molecule has 1 aliphatic carbocycles. The van der Waals surface area contributed by atoms with Crippen LogP contribution in [0.4, 0.5) is 0 Å². The van der Waals surface area contributed by atoms with Gasteiger partial charge in [0.2, 0.25) is 0 Å². The van der Waals surface area contributed by atoms with E-state index in [2.05, 4.69) is 212 Å². The molecule has 0 saturated heterocycles. The first-order valence-electron chi connectivity index (χ1n) is 22.4. The molecule has 0 bridgehead atoms. The van der Waals surface area contributed by atoms with Crippen LogP contribution in [0.15, 0.2) is 164 Å². The van der Waals surface area contributed by atoms with Gasteiger partial charge in [-0.3, -0.25) is 0 Å². The van der Waals surface area contributed by atoms with Gasteiger partial charge in [0.05, 0.1) is 32.8 Å². The molecule has 5 heterocycles. The van der Waals surface area contributed by atoms with Crippen LogP contribution in [0, 0.1) is 0 Å². The Labute approximate surface area is 365 Å². The number of nitrogens with zero attached hydrogens (tertiary/aromatic N) is 2. The van der Waals surface area contributed by atoms with Crippen molar-refractivity contribution in [3.05, 3.63) is 186 Å². The predicted molar refractivity (Wildman–Crippen MR) is 270 cm³/mol. The molecule has 0 radical (unpaired) electrons. The van der Waals surface area contributed by atoms with Gasteiger partial charge >= 0.3 is 0 Å². The summed E-state index contributed by atoms with van der Waals surface area (Å²) in [5, 5.41) is 7.24. The lowest BCUT2D eigenvalue weighted by molar-refractivity contribution is 0.750. The molecular formula is C57H45BN2Si2. The minimum atomic E-state index is -1.81. The summed E-state index contributed by atoms with van der Waals surface area (Å²) in [4.78, 5) is 0. The monoisotopic (exact) mass is 824 g/mol. The zero-order valence-corrected chi connectivity index (χ0v) is 38.1. The Morgan fingerprint density at radius 3 is 1.68 bits per heavy atom. The van der Waals surface area contributed by atoms with Gasteiger partial charge in [-0.25, -0.2) is 0 Å². The lowest BCUT2D eigenvalue weighted by Crippen LogP contribution is -2.61. The molecule has 0 saturated carbocycles. The molecule has 0 unspecified atom stereocenters. The van der Waals surface area contributed by atoms with Crippen molar-refractivity contribution >= 4 is 82.3 Å². The Bertz CT molecular complexity index is 3610. The maximum atomic E-state index is 2.78. The third kappa shape index (κ3) is 4.08. The Morgan fingerprint density at radius 2 is 1.02 bits per heavy atom. The topological polar surface area (TPSA) is 9.86 Å². The highest BCUT2D eigenvalue weighted by atomic mass is 28.3. The highest BCUT2D eigenvalue weighted by Crippen LogP contribution is 2.61. The second kappa shape index (κ2) is 11.5.